The van der Waals surface area contributed by atoms with E-state index in [1.54, 1.807) is 38.4 Å². The third-order valence-corrected chi connectivity index (χ3v) is 5.33. The molecule has 30 heavy (non-hydrogen) atoms. The van der Waals surface area contributed by atoms with Crippen molar-refractivity contribution in [2.75, 3.05) is 18.5 Å². The number of nitrogens with one attached hydrogen (secondary N) is 1. The Balaban J connectivity index is 1.73. The van der Waals surface area contributed by atoms with E-state index in [2.05, 4.69) is 10.4 Å². The fraction of sp³-hybridized carbons (Fsp3) is 0.263. The maximum Gasteiger partial charge on any atom is 0.343 e. The third-order valence-electron chi connectivity index (χ3n) is 4.00. The first-order chi connectivity index (χ1) is 14.3. The first-order valence-electron chi connectivity index (χ1n) is 8.82. The van der Waals surface area contributed by atoms with Gasteiger partial charge >= 0.3 is 11.9 Å². The predicted molar refractivity (Wildman–Crippen MR) is 110 cm³/mol. The van der Waals surface area contributed by atoms with E-state index in [0.29, 0.717) is 17.0 Å². The van der Waals surface area contributed by atoms with Gasteiger partial charge in [0.15, 0.2) is 6.61 Å². The molecule has 0 radical (unpaired) electrons. The topological polar surface area (TPSA) is 113 Å². The van der Waals surface area contributed by atoms with Gasteiger partial charge in [0, 0.05) is 18.0 Å². The lowest BCUT2D eigenvalue weighted by Gasteiger charge is -2.08. The summed E-state index contributed by atoms with van der Waals surface area (Å²) in [6.07, 6.45) is 1.48. The van der Waals surface area contributed by atoms with Gasteiger partial charge in [-0.15, -0.1) is 11.3 Å². The van der Waals surface area contributed by atoms with Crippen molar-refractivity contribution in [1.82, 2.24) is 9.78 Å². The monoisotopic (exact) mass is 451 g/mol. The van der Waals surface area contributed by atoms with Crippen LogP contribution < -0.4 is 5.32 Å². The highest BCUT2D eigenvalue weighted by Crippen LogP contribution is 2.36. The highest BCUT2D eigenvalue weighted by Gasteiger charge is 2.25. The van der Waals surface area contributed by atoms with Gasteiger partial charge in [-0.2, -0.15) is 5.10 Å². The summed E-state index contributed by atoms with van der Waals surface area (Å²) >= 11 is 7.16. The molecule has 0 aliphatic carbocycles. The highest BCUT2D eigenvalue weighted by molar-refractivity contribution is 7.15. The Kier molecular flexibility index (Phi) is 6.58. The summed E-state index contributed by atoms with van der Waals surface area (Å²) < 4.78 is 16.8. The van der Waals surface area contributed by atoms with E-state index >= 15 is 0 Å². The second kappa shape index (κ2) is 9.14. The van der Waals surface area contributed by atoms with E-state index in [0.717, 1.165) is 11.3 Å². The van der Waals surface area contributed by atoms with Crippen molar-refractivity contribution in [3.05, 3.63) is 45.7 Å². The number of hydrogen-bond acceptors (Lipinski definition) is 8. The normalized spacial score (nSPS) is 10.7. The zero-order valence-corrected chi connectivity index (χ0v) is 17.9. The van der Waals surface area contributed by atoms with Crippen molar-refractivity contribution < 1.29 is 28.3 Å². The van der Waals surface area contributed by atoms with E-state index in [1.807, 2.05) is 0 Å². The third kappa shape index (κ3) is 4.39. The Morgan fingerprint density at radius 2 is 2.00 bits per heavy atom. The van der Waals surface area contributed by atoms with Gasteiger partial charge in [0.25, 0.3) is 5.91 Å². The summed E-state index contributed by atoms with van der Waals surface area (Å²) in [6, 6.07) is 3.38. The SMILES string of the molecule is CCOC(=O)c1c(-c2ccco2)csc1NC(=O)COC(=O)c1c(C)nn(C)c1Cl. The zero-order chi connectivity index (χ0) is 21.8. The minimum atomic E-state index is -0.770. The molecule has 0 bridgehead atoms. The lowest BCUT2D eigenvalue weighted by molar-refractivity contribution is -0.119. The molecule has 1 amide bonds. The Labute approximate surface area is 180 Å². The maximum atomic E-state index is 12.4. The van der Waals surface area contributed by atoms with Crippen molar-refractivity contribution in [2.24, 2.45) is 7.05 Å². The van der Waals surface area contributed by atoms with Crippen LogP contribution in [0.2, 0.25) is 5.15 Å². The van der Waals surface area contributed by atoms with Crippen LogP contribution in [0.3, 0.4) is 0 Å². The first kappa shape index (κ1) is 21.6. The minimum Gasteiger partial charge on any atom is -0.464 e. The second-order valence-corrected chi connectivity index (χ2v) is 7.29. The molecule has 0 spiro atoms. The molecular weight excluding hydrogens is 434 g/mol. The first-order valence-corrected chi connectivity index (χ1v) is 10.1. The molecule has 0 fully saturated rings. The number of esters is 2. The molecule has 1 N–H and O–H groups in total. The predicted octanol–water partition coefficient (Wildman–Crippen LogP) is 3.68. The van der Waals surface area contributed by atoms with Gasteiger partial charge in [0.05, 0.1) is 18.6 Å². The summed E-state index contributed by atoms with van der Waals surface area (Å²) in [7, 11) is 1.59. The van der Waals surface area contributed by atoms with Crippen molar-refractivity contribution in [1.29, 1.82) is 0 Å². The van der Waals surface area contributed by atoms with E-state index in [4.69, 9.17) is 25.5 Å². The second-order valence-electron chi connectivity index (χ2n) is 6.05. The van der Waals surface area contributed by atoms with Crippen LogP contribution in [0.1, 0.15) is 33.3 Å². The minimum absolute atomic E-state index is 0.0930. The number of furan rings is 1. The van der Waals surface area contributed by atoms with Crippen LogP contribution in [0.4, 0.5) is 5.00 Å². The van der Waals surface area contributed by atoms with Gasteiger partial charge in [-0.3, -0.25) is 9.48 Å². The van der Waals surface area contributed by atoms with Gasteiger partial charge < -0.3 is 19.2 Å². The van der Waals surface area contributed by atoms with Crippen LogP contribution in [-0.2, 0) is 21.3 Å². The van der Waals surface area contributed by atoms with Gasteiger partial charge in [0.2, 0.25) is 0 Å². The molecule has 158 valence electrons. The van der Waals surface area contributed by atoms with Crippen LogP contribution in [-0.4, -0.2) is 40.8 Å². The quantitative estimate of drug-likeness (QED) is 0.545. The van der Waals surface area contributed by atoms with Gasteiger partial charge in [-0.25, -0.2) is 9.59 Å². The highest BCUT2D eigenvalue weighted by atomic mass is 35.5. The number of carbonyl (C=O) groups is 3. The summed E-state index contributed by atoms with van der Waals surface area (Å²) in [5.74, 6) is -1.54. The van der Waals surface area contributed by atoms with E-state index in [9.17, 15) is 14.4 Å². The number of aromatic nitrogens is 2. The van der Waals surface area contributed by atoms with Crippen LogP contribution >= 0.6 is 22.9 Å². The van der Waals surface area contributed by atoms with E-state index in [1.165, 1.54) is 10.9 Å². The van der Waals surface area contributed by atoms with Crippen molar-refractivity contribution in [2.45, 2.75) is 13.8 Å². The molecule has 0 unspecified atom stereocenters. The standard InChI is InChI=1S/C19H18ClN3O6S/c1-4-27-19(26)15-11(12-6-5-7-28-12)9-30-17(15)21-13(24)8-29-18(25)14-10(2)22-23(3)16(14)20/h5-7,9H,4,8H2,1-3H3,(H,21,24). The Morgan fingerprint density at radius 1 is 1.27 bits per heavy atom. The molecule has 0 aromatic carbocycles. The lowest BCUT2D eigenvalue weighted by atomic mass is 10.1. The molecule has 3 heterocycles. The van der Waals surface area contributed by atoms with Crippen LogP contribution in [0, 0.1) is 6.92 Å². The molecule has 0 saturated heterocycles. The molecular formula is C19H18ClN3O6S. The van der Waals surface area contributed by atoms with Crippen LogP contribution in [0.5, 0.6) is 0 Å². The Hall–Kier alpha value is -3.11. The fourth-order valence-corrected chi connectivity index (χ4v) is 3.90. The molecule has 3 rings (SSSR count). The summed E-state index contributed by atoms with van der Waals surface area (Å²) in [6.45, 7) is 2.89. The number of ether oxygens (including phenoxy) is 2. The molecule has 9 nitrogen and oxygen atoms in total. The summed E-state index contributed by atoms with van der Waals surface area (Å²) in [5.41, 5.74) is 1.14. The molecule has 0 atom stereocenters. The Bertz CT molecular complexity index is 1090. The number of nitrogens with zero attached hydrogens (tertiary/aromatic N) is 2. The number of hydrogen-bond donors (Lipinski definition) is 1. The largest absolute Gasteiger partial charge is 0.464 e. The van der Waals surface area contributed by atoms with Crippen molar-refractivity contribution in [3.8, 4) is 11.3 Å². The Morgan fingerprint density at radius 3 is 2.60 bits per heavy atom. The molecule has 3 aromatic heterocycles. The maximum absolute atomic E-state index is 12.4. The molecule has 0 aliphatic heterocycles. The van der Waals surface area contributed by atoms with Crippen molar-refractivity contribution >= 4 is 45.8 Å². The van der Waals surface area contributed by atoms with Crippen molar-refractivity contribution in [3.63, 3.8) is 0 Å². The number of rotatable bonds is 7. The molecule has 0 aliphatic rings. The smallest absolute Gasteiger partial charge is 0.343 e. The summed E-state index contributed by atoms with van der Waals surface area (Å²) in [4.78, 5) is 37.0. The average Bonchev–Trinajstić information content (AvgIpc) is 3.40. The number of amides is 1. The lowest BCUT2D eigenvalue weighted by Crippen LogP contribution is -2.22. The van der Waals surface area contributed by atoms with Gasteiger partial charge in [-0.05, 0) is 26.0 Å². The molecule has 11 heteroatoms. The number of carbonyl (C=O) groups excluding carboxylic acids is 3. The fourth-order valence-electron chi connectivity index (χ4n) is 2.70. The van der Waals surface area contributed by atoms with Gasteiger partial charge in [-0.1, -0.05) is 11.6 Å². The summed E-state index contributed by atoms with van der Waals surface area (Å²) in [5, 5.41) is 8.65. The molecule has 3 aromatic rings. The number of thiophene rings is 1. The number of anilines is 1. The van der Waals surface area contributed by atoms with Crippen LogP contribution in [0.25, 0.3) is 11.3 Å². The van der Waals surface area contributed by atoms with Gasteiger partial charge in [0.1, 0.15) is 27.0 Å². The number of aryl methyl sites for hydroxylation is 2. The molecule has 0 saturated carbocycles. The zero-order valence-electron chi connectivity index (χ0n) is 16.4. The van der Waals surface area contributed by atoms with E-state index in [-0.39, 0.29) is 27.9 Å². The number of halogens is 1. The van der Waals surface area contributed by atoms with Crippen LogP contribution in [0.15, 0.2) is 28.2 Å². The van der Waals surface area contributed by atoms with E-state index < -0.39 is 24.5 Å². The average molecular weight is 452 g/mol.